The van der Waals surface area contributed by atoms with Gasteiger partial charge in [-0.15, -0.1) is 0 Å². The second kappa shape index (κ2) is 13.2. The summed E-state index contributed by atoms with van der Waals surface area (Å²) in [7, 11) is 1.44. The zero-order valence-corrected chi connectivity index (χ0v) is 23.7. The van der Waals surface area contributed by atoms with Crippen molar-refractivity contribution in [2.24, 2.45) is 0 Å². The van der Waals surface area contributed by atoms with Gasteiger partial charge in [0.15, 0.2) is 17.6 Å². The largest absolute Gasteiger partial charge is 0.493 e. The van der Waals surface area contributed by atoms with E-state index >= 15 is 0 Å². The number of hydrogen-bond donors (Lipinski definition) is 0. The minimum atomic E-state index is -2.03. The van der Waals surface area contributed by atoms with Crippen LogP contribution in [0.1, 0.15) is 67.1 Å². The van der Waals surface area contributed by atoms with Crippen LogP contribution in [0, 0.1) is 0 Å². The van der Waals surface area contributed by atoms with Crippen LogP contribution in [0.2, 0.25) is 0 Å². The number of methoxy groups -OCH3 is 1. The van der Waals surface area contributed by atoms with E-state index in [-0.39, 0.29) is 12.4 Å². The first-order chi connectivity index (χ1) is 18.3. The molecule has 11 nitrogen and oxygen atoms in total. The Bertz CT molecular complexity index is 1170. The van der Waals surface area contributed by atoms with Crippen LogP contribution < -0.4 is 14.2 Å². The van der Waals surface area contributed by atoms with Crippen molar-refractivity contribution < 1.29 is 52.3 Å². The van der Waals surface area contributed by atoms with Gasteiger partial charge in [0.25, 0.3) is 0 Å². The molecule has 39 heavy (non-hydrogen) atoms. The third kappa shape index (κ3) is 7.30. The number of ether oxygens (including phenoxy) is 7. The number of hydrogen-bond acceptors (Lipinski definition) is 11. The maximum Gasteiger partial charge on any atom is 0.354 e. The van der Waals surface area contributed by atoms with Crippen LogP contribution in [0.15, 0.2) is 35.4 Å². The first-order valence-electron chi connectivity index (χ1n) is 12.3. The number of carbonyl (C=O) groups is 4. The third-order valence-electron chi connectivity index (χ3n) is 6.30. The van der Waals surface area contributed by atoms with Crippen LogP contribution in [-0.2, 0) is 38.1 Å². The molecule has 0 spiro atoms. The molecule has 0 radical (unpaired) electrons. The summed E-state index contributed by atoms with van der Waals surface area (Å²) in [5.74, 6) is -2.08. The highest BCUT2D eigenvalue weighted by molar-refractivity contribution is 5.92. The Morgan fingerprint density at radius 2 is 1.54 bits per heavy atom. The van der Waals surface area contributed by atoms with Crippen molar-refractivity contribution >= 4 is 23.9 Å². The van der Waals surface area contributed by atoms with Gasteiger partial charge in [-0.2, -0.15) is 0 Å². The van der Waals surface area contributed by atoms with Gasteiger partial charge in [0.2, 0.25) is 18.1 Å². The summed E-state index contributed by atoms with van der Waals surface area (Å²) in [4.78, 5) is 50.6. The monoisotopic (exact) mass is 548 g/mol. The molecule has 0 N–H and O–H groups in total. The summed E-state index contributed by atoms with van der Waals surface area (Å²) >= 11 is 0. The van der Waals surface area contributed by atoms with Gasteiger partial charge in [-0.3, -0.25) is 4.79 Å². The molecule has 1 aliphatic rings. The van der Waals surface area contributed by atoms with Crippen LogP contribution in [0.25, 0.3) is 0 Å². The first kappa shape index (κ1) is 31.2. The Labute approximate surface area is 228 Å². The molecule has 11 heteroatoms. The fraction of sp³-hybridized carbons (Fsp3) is 0.500. The van der Waals surface area contributed by atoms with Gasteiger partial charge in [-0.05, 0) is 60.6 Å². The Morgan fingerprint density at radius 1 is 0.923 bits per heavy atom. The number of carbonyl (C=O) groups excluding carboxylic acids is 4. The van der Waals surface area contributed by atoms with Crippen molar-refractivity contribution in [1.29, 1.82) is 0 Å². The minimum Gasteiger partial charge on any atom is -0.493 e. The van der Waals surface area contributed by atoms with Gasteiger partial charge in [-0.25, -0.2) is 14.4 Å². The van der Waals surface area contributed by atoms with E-state index in [2.05, 4.69) is 0 Å². The van der Waals surface area contributed by atoms with Crippen LogP contribution >= 0.6 is 0 Å². The second-order valence-electron chi connectivity index (χ2n) is 9.08. The van der Waals surface area contributed by atoms with E-state index in [0.29, 0.717) is 28.4 Å². The average molecular weight is 549 g/mol. The third-order valence-corrected chi connectivity index (χ3v) is 6.30. The van der Waals surface area contributed by atoms with E-state index in [1.807, 2.05) is 0 Å². The zero-order chi connectivity index (χ0) is 29.5. The van der Waals surface area contributed by atoms with Gasteiger partial charge in [-0.1, -0.05) is 12.2 Å². The predicted octanol–water partition coefficient (Wildman–Crippen LogP) is 4.13. The van der Waals surface area contributed by atoms with E-state index in [0.717, 1.165) is 6.92 Å². The van der Waals surface area contributed by atoms with Crippen molar-refractivity contribution in [3.05, 3.63) is 41.0 Å². The highest BCUT2D eigenvalue weighted by Gasteiger charge is 2.48. The summed E-state index contributed by atoms with van der Waals surface area (Å²) in [6, 6.07) is 3.17. The Balaban J connectivity index is 2.49. The Hall–Kier alpha value is -4.02. The molecule has 0 aromatic heterocycles. The molecule has 0 saturated heterocycles. The van der Waals surface area contributed by atoms with E-state index in [9.17, 15) is 19.2 Å². The van der Waals surface area contributed by atoms with Gasteiger partial charge in [0.1, 0.15) is 12.2 Å². The molecule has 1 aliphatic heterocycles. The molecule has 0 fully saturated rings. The molecule has 4 atom stereocenters. The van der Waals surface area contributed by atoms with Crippen molar-refractivity contribution in [2.45, 2.75) is 79.3 Å². The van der Waals surface area contributed by atoms with Crippen molar-refractivity contribution in [3.8, 4) is 17.2 Å². The number of fused-ring (bicyclic) bond motifs is 1. The molecule has 1 aromatic carbocycles. The van der Waals surface area contributed by atoms with Crippen LogP contribution in [0.3, 0.4) is 0 Å². The Kier molecular flexibility index (Phi) is 10.5. The van der Waals surface area contributed by atoms with Gasteiger partial charge in [0, 0.05) is 23.6 Å². The fourth-order valence-electron chi connectivity index (χ4n) is 3.47. The molecule has 214 valence electrons. The smallest absolute Gasteiger partial charge is 0.354 e. The normalized spacial score (nSPS) is 16.7. The summed E-state index contributed by atoms with van der Waals surface area (Å²) in [5.41, 5.74) is -1.07. The standard InChI is InChI=1S/C28H36O11/c1-10-15(3)25(30)38-23(20-12-21(33-9)24-22(13-20)34-14-35-24)17(5)36-27(32)28(8,18(6)37-19(7)29)39-26(31)16(4)11-2/h10-13,17-18,23H,14H2,1-9H3/b15-10-,16-11-/t17-,18+,23-,28-/m1/s1. The minimum absolute atomic E-state index is 0.0226. The molecule has 0 amide bonds. The molecule has 2 rings (SSSR count). The molecule has 0 saturated carbocycles. The summed E-state index contributed by atoms with van der Waals surface area (Å²) < 4.78 is 38.5. The first-order valence-corrected chi connectivity index (χ1v) is 12.3. The van der Waals surface area contributed by atoms with Crippen molar-refractivity contribution in [2.75, 3.05) is 13.9 Å². The van der Waals surface area contributed by atoms with E-state index in [1.54, 1.807) is 39.0 Å². The van der Waals surface area contributed by atoms with Crippen LogP contribution in [0.5, 0.6) is 17.2 Å². The molecular formula is C28H36O11. The molecule has 0 bridgehead atoms. The summed E-state index contributed by atoms with van der Waals surface area (Å²) in [5, 5.41) is 0. The molecule has 0 unspecified atom stereocenters. The summed E-state index contributed by atoms with van der Waals surface area (Å²) in [6.45, 7) is 11.7. The maximum atomic E-state index is 13.5. The Morgan fingerprint density at radius 3 is 2.10 bits per heavy atom. The molecule has 1 aromatic rings. The van der Waals surface area contributed by atoms with Gasteiger partial charge >= 0.3 is 23.9 Å². The van der Waals surface area contributed by atoms with E-state index < -0.39 is 47.8 Å². The average Bonchev–Trinajstić information content (AvgIpc) is 3.38. The highest BCUT2D eigenvalue weighted by Crippen LogP contribution is 2.44. The number of allylic oxidation sites excluding steroid dienone is 2. The molecule has 1 heterocycles. The lowest BCUT2D eigenvalue weighted by Gasteiger charge is -2.34. The quantitative estimate of drug-likeness (QED) is 0.225. The zero-order valence-electron chi connectivity index (χ0n) is 23.7. The van der Waals surface area contributed by atoms with Crippen LogP contribution in [0.4, 0.5) is 0 Å². The molecular weight excluding hydrogens is 512 g/mol. The van der Waals surface area contributed by atoms with E-state index in [1.165, 1.54) is 40.9 Å². The lowest BCUT2D eigenvalue weighted by atomic mass is 9.99. The lowest BCUT2D eigenvalue weighted by Crippen LogP contribution is -2.53. The topological polar surface area (TPSA) is 133 Å². The number of esters is 4. The second-order valence-corrected chi connectivity index (χ2v) is 9.08. The predicted molar refractivity (Wildman–Crippen MR) is 138 cm³/mol. The van der Waals surface area contributed by atoms with Gasteiger partial charge in [0.05, 0.1) is 7.11 Å². The molecule has 0 aliphatic carbocycles. The fourth-order valence-corrected chi connectivity index (χ4v) is 3.47. The highest BCUT2D eigenvalue weighted by atomic mass is 16.7. The lowest BCUT2D eigenvalue weighted by molar-refractivity contribution is -0.203. The SMILES string of the molecule is C/C=C(/C)C(=O)O[C@@H](c1cc(OC)c2c(c1)OCO2)[C@@H](C)OC(=O)[C@](C)(OC(=O)/C(C)=C\C)[C@H](C)OC(C)=O. The van der Waals surface area contributed by atoms with Crippen molar-refractivity contribution in [3.63, 3.8) is 0 Å². The summed E-state index contributed by atoms with van der Waals surface area (Å²) in [6.07, 6.45) is -0.362. The number of benzene rings is 1. The van der Waals surface area contributed by atoms with Crippen LogP contribution in [-0.4, -0.2) is 55.6 Å². The maximum absolute atomic E-state index is 13.5. The van der Waals surface area contributed by atoms with Gasteiger partial charge < -0.3 is 33.2 Å². The van der Waals surface area contributed by atoms with Crippen molar-refractivity contribution in [1.82, 2.24) is 0 Å². The number of rotatable bonds is 11. The van der Waals surface area contributed by atoms with E-state index in [4.69, 9.17) is 33.2 Å².